The van der Waals surface area contributed by atoms with Crippen LogP contribution >= 0.6 is 0 Å². The second-order valence-corrected chi connectivity index (χ2v) is 10.8. The van der Waals surface area contributed by atoms with E-state index in [0.29, 0.717) is 6.42 Å². The molecule has 0 bridgehead atoms. The topological polar surface area (TPSA) is 68.3 Å². The molecule has 21 heavy (non-hydrogen) atoms. The van der Waals surface area contributed by atoms with Crippen LogP contribution in [0.4, 0.5) is 0 Å². The number of aryl methyl sites for hydroxylation is 1. The molecule has 0 saturated heterocycles. The van der Waals surface area contributed by atoms with E-state index < -0.39 is 30.2 Å². The van der Waals surface area contributed by atoms with Crippen molar-refractivity contribution >= 4 is 19.7 Å². The lowest BCUT2D eigenvalue weighted by atomic mass is 9.91. The largest absolute Gasteiger partial charge is 0.229 e. The fourth-order valence-corrected chi connectivity index (χ4v) is 6.45. The average Bonchev–Trinajstić information content (AvgIpc) is 2.44. The highest BCUT2D eigenvalue weighted by Gasteiger charge is 2.32. The van der Waals surface area contributed by atoms with Gasteiger partial charge in [0.05, 0.1) is 22.0 Å². The zero-order valence-electron chi connectivity index (χ0n) is 12.4. The molecular formula is C15H22O4S2. The molecule has 118 valence electrons. The predicted molar refractivity (Wildman–Crippen MR) is 84.8 cm³/mol. The molecular weight excluding hydrogens is 308 g/mol. The van der Waals surface area contributed by atoms with E-state index >= 15 is 0 Å². The van der Waals surface area contributed by atoms with Crippen LogP contribution in [0.3, 0.4) is 0 Å². The van der Waals surface area contributed by atoms with Gasteiger partial charge in [-0.25, -0.2) is 16.8 Å². The van der Waals surface area contributed by atoms with Crippen molar-refractivity contribution in [1.29, 1.82) is 0 Å². The molecule has 0 heterocycles. The molecule has 2 rings (SSSR count). The van der Waals surface area contributed by atoms with Gasteiger partial charge in [0, 0.05) is 0 Å². The van der Waals surface area contributed by atoms with Gasteiger partial charge in [-0.3, -0.25) is 0 Å². The van der Waals surface area contributed by atoms with Crippen LogP contribution in [-0.2, 0) is 26.1 Å². The Morgan fingerprint density at radius 2 is 1.76 bits per heavy atom. The van der Waals surface area contributed by atoms with Crippen LogP contribution < -0.4 is 0 Å². The summed E-state index contributed by atoms with van der Waals surface area (Å²) in [5.41, 5.74) is 1.93. The Hall–Kier alpha value is -0.880. The minimum atomic E-state index is -3.44. The summed E-state index contributed by atoms with van der Waals surface area (Å²) in [6.07, 6.45) is 2.31. The third-order valence-electron chi connectivity index (χ3n) is 4.12. The van der Waals surface area contributed by atoms with Crippen molar-refractivity contribution < 1.29 is 16.8 Å². The first kappa shape index (κ1) is 16.5. The maximum absolute atomic E-state index is 12.6. The summed E-state index contributed by atoms with van der Waals surface area (Å²) < 4.78 is 48.8. The zero-order valence-corrected chi connectivity index (χ0v) is 14.1. The van der Waals surface area contributed by atoms with E-state index in [4.69, 9.17) is 0 Å². The van der Waals surface area contributed by atoms with Crippen LogP contribution in [0.1, 0.15) is 43.1 Å². The quantitative estimate of drug-likeness (QED) is 0.831. The summed E-state index contributed by atoms with van der Waals surface area (Å²) in [5.74, 6) is -0.571. The van der Waals surface area contributed by atoms with Gasteiger partial charge >= 0.3 is 0 Å². The lowest BCUT2D eigenvalue weighted by Crippen LogP contribution is -2.28. The summed E-state index contributed by atoms with van der Waals surface area (Å²) in [4.78, 5) is 0. The second-order valence-electron chi connectivity index (χ2n) is 5.86. The van der Waals surface area contributed by atoms with Crippen molar-refractivity contribution in [3.05, 3.63) is 35.4 Å². The highest BCUT2D eigenvalue weighted by Crippen LogP contribution is 2.35. The molecule has 0 saturated carbocycles. The Bertz CT molecular complexity index is 703. The van der Waals surface area contributed by atoms with Crippen LogP contribution in [0.2, 0.25) is 0 Å². The SMILES string of the molecule is CC(C)S(=O)(=O)CCS(=O)(=O)[C@H]1CCCc2ccccc21. The van der Waals surface area contributed by atoms with Gasteiger partial charge in [-0.05, 0) is 44.2 Å². The van der Waals surface area contributed by atoms with Gasteiger partial charge in [-0.15, -0.1) is 0 Å². The minimum Gasteiger partial charge on any atom is -0.229 e. The molecule has 0 spiro atoms. The van der Waals surface area contributed by atoms with E-state index in [1.165, 1.54) is 0 Å². The molecule has 1 aromatic carbocycles. The summed E-state index contributed by atoms with van der Waals surface area (Å²) >= 11 is 0. The van der Waals surface area contributed by atoms with E-state index in [-0.39, 0.29) is 11.5 Å². The molecule has 0 aliphatic heterocycles. The number of benzene rings is 1. The monoisotopic (exact) mass is 330 g/mol. The van der Waals surface area contributed by atoms with Gasteiger partial charge < -0.3 is 0 Å². The fraction of sp³-hybridized carbons (Fsp3) is 0.600. The predicted octanol–water partition coefficient (Wildman–Crippen LogP) is 2.30. The van der Waals surface area contributed by atoms with Crippen LogP contribution in [0.5, 0.6) is 0 Å². The molecule has 1 aliphatic rings. The van der Waals surface area contributed by atoms with Gasteiger partial charge in [0.25, 0.3) is 0 Å². The first-order valence-electron chi connectivity index (χ1n) is 7.25. The van der Waals surface area contributed by atoms with Crippen LogP contribution in [0.15, 0.2) is 24.3 Å². The van der Waals surface area contributed by atoms with Crippen molar-refractivity contribution in [2.75, 3.05) is 11.5 Å². The summed E-state index contributed by atoms with van der Waals surface area (Å²) in [5, 5.41) is -1.09. The van der Waals surface area contributed by atoms with Crippen LogP contribution in [0.25, 0.3) is 0 Å². The average molecular weight is 330 g/mol. The summed E-state index contributed by atoms with van der Waals surface area (Å²) in [7, 11) is -6.77. The van der Waals surface area contributed by atoms with E-state index in [9.17, 15) is 16.8 Å². The second kappa shape index (κ2) is 6.08. The highest BCUT2D eigenvalue weighted by molar-refractivity contribution is 7.95. The fourth-order valence-electron chi connectivity index (χ4n) is 2.69. The Kier molecular flexibility index (Phi) is 4.78. The highest BCUT2D eigenvalue weighted by atomic mass is 32.2. The molecule has 4 nitrogen and oxygen atoms in total. The van der Waals surface area contributed by atoms with E-state index in [2.05, 4.69) is 0 Å². The van der Waals surface area contributed by atoms with Gasteiger partial charge in [0.2, 0.25) is 0 Å². The van der Waals surface area contributed by atoms with Gasteiger partial charge in [0.1, 0.15) is 0 Å². The van der Waals surface area contributed by atoms with Crippen LogP contribution in [-0.4, -0.2) is 33.6 Å². The molecule has 0 radical (unpaired) electrons. The molecule has 6 heteroatoms. The Labute approximate surface area is 127 Å². The molecule has 0 unspecified atom stereocenters. The summed E-state index contributed by atoms with van der Waals surface area (Å²) in [6.45, 7) is 3.16. The standard InChI is InChI=1S/C15H22O4S2/c1-12(2)20(16,17)10-11-21(18,19)15-9-5-7-13-6-3-4-8-14(13)15/h3-4,6,8,12,15H,5,7,9-11H2,1-2H3/t15-/m0/s1. The first-order valence-corrected chi connectivity index (χ1v) is 10.7. The molecule has 0 aromatic heterocycles. The smallest absolute Gasteiger partial charge is 0.158 e. The van der Waals surface area contributed by atoms with Gasteiger partial charge in [0.15, 0.2) is 19.7 Å². The van der Waals surface area contributed by atoms with Gasteiger partial charge in [-0.2, -0.15) is 0 Å². The van der Waals surface area contributed by atoms with Crippen molar-refractivity contribution in [1.82, 2.24) is 0 Å². The number of hydrogen-bond acceptors (Lipinski definition) is 4. The maximum Gasteiger partial charge on any atom is 0.158 e. The van der Waals surface area contributed by atoms with Gasteiger partial charge in [-0.1, -0.05) is 24.3 Å². The molecule has 0 fully saturated rings. The molecule has 1 aliphatic carbocycles. The van der Waals surface area contributed by atoms with E-state index in [1.807, 2.05) is 24.3 Å². The lowest BCUT2D eigenvalue weighted by Gasteiger charge is -2.25. The third kappa shape index (κ3) is 3.66. The third-order valence-corrected chi connectivity index (χ3v) is 8.72. The van der Waals surface area contributed by atoms with Crippen molar-refractivity contribution in [2.24, 2.45) is 0 Å². The van der Waals surface area contributed by atoms with Crippen LogP contribution in [0, 0.1) is 0 Å². The number of rotatable bonds is 5. The molecule has 0 amide bonds. The first-order chi connectivity index (χ1) is 9.74. The van der Waals surface area contributed by atoms with E-state index in [1.54, 1.807) is 13.8 Å². The minimum absolute atomic E-state index is 0.285. The Morgan fingerprint density at radius 1 is 1.10 bits per heavy atom. The Balaban J connectivity index is 2.22. The van der Waals surface area contributed by atoms with Crippen molar-refractivity contribution in [2.45, 2.75) is 43.6 Å². The zero-order chi connectivity index (χ0) is 15.7. The molecule has 1 aromatic rings. The summed E-state index contributed by atoms with van der Waals surface area (Å²) in [6, 6.07) is 7.57. The Morgan fingerprint density at radius 3 is 2.43 bits per heavy atom. The van der Waals surface area contributed by atoms with E-state index in [0.717, 1.165) is 24.0 Å². The van der Waals surface area contributed by atoms with Crippen molar-refractivity contribution in [3.63, 3.8) is 0 Å². The maximum atomic E-state index is 12.6. The lowest BCUT2D eigenvalue weighted by molar-refractivity contribution is 0.558. The molecule has 0 N–H and O–H groups in total. The molecule has 1 atom stereocenters. The van der Waals surface area contributed by atoms with Crippen molar-refractivity contribution in [3.8, 4) is 0 Å². The number of sulfone groups is 2. The number of fused-ring (bicyclic) bond motifs is 1. The normalized spacial score (nSPS) is 19.5. The number of hydrogen-bond donors (Lipinski definition) is 0.